The lowest BCUT2D eigenvalue weighted by atomic mass is 9.95. The van der Waals surface area contributed by atoms with Crippen molar-refractivity contribution in [2.75, 3.05) is 23.4 Å². The van der Waals surface area contributed by atoms with Gasteiger partial charge in [-0.3, -0.25) is 14.4 Å². The molecular weight excluding hydrogens is 396 g/mol. The summed E-state index contributed by atoms with van der Waals surface area (Å²) in [7, 11) is 0. The Labute approximate surface area is 181 Å². The largest absolute Gasteiger partial charge is 0.454 e. The van der Waals surface area contributed by atoms with Gasteiger partial charge in [0.05, 0.1) is 11.3 Å². The number of nitrogens with zero attached hydrogens (tertiary/aromatic N) is 1. The van der Waals surface area contributed by atoms with Gasteiger partial charge in [0.25, 0.3) is 0 Å². The molecule has 0 spiro atoms. The van der Waals surface area contributed by atoms with Crippen molar-refractivity contribution in [2.45, 2.75) is 33.6 Å². The smallest absolute Gasteiger partial charge is 0.340 e. The van der Waals surface area contributed by atoms with Crippen LogP contribution in [0.4, 0.5) is 11.4 Å². The predicted molar refractivity (Wildman–Crippen MR) is 117 cm³/mol. The normalized spacial score (nSPS) is 13.8. The summed E-state index contributed by atoms with van der Waals surface area (Å²) in [4.78, 5) is 50.7. The number of ether oxygens (including phenoxy) is 1. The summed E-state index contributed by atoms with van der Waals surface area (Å²) in [5, 5.41) is 2.79. The van der Waals surface area contributed by atoms with E-state index < -0.39 is 18.0 Å². The van der Waals surface area contributed by atoms with Crippen LogP contribution in [0.25, 0.3) is 0 Å². The summed E-state index contributed by atoms with van der Waals surface area (Å²) in [6, 6.07) is 13.1. The quantitative estimate of drug-likeness (QED) is 0.564. The van der Waals surface area contributed by atoms with Crippen LogP contribution in [0.2, 0.25) is 0 Å². The highest BCUT2D eigenvalue weighted by Gasteiger charge is 2.26. The summed E-state index contributed by atoms with van der Waals surface area (Å²) in [5.74, 6) is -1.18. The predicted octanol–water partition coefficient (Wildman–Crippen LogP) is 3.84. The number of carbonyl (C=O) groups is 4. The zero-order valence-corrected chi connectivity index (χ0v) is 17.9. The van der Waals surface area contributed by atoms with Crippen molar-refractivity contribution >= 4 is 34.9 Å². The van der Waals surface area contributed by atoms with Crippen LogP contribution in [0.3, 0.4) is 0 Å². The third-order valence-electron chi connectivity index (χ3n) is 4.97. The van der Waals surface area contributed by atoms with E-state index in [0.717, 1.165) is 6.42 Å². The van der Waals surface area contributed by atoms with Gasteiger partial charge in [0.15, 0.2) is 12.4 Å². The molecule has 162 valence electrons. The second-order valence-electron chi connectivity index (χ2n) is 8.45. The minimum atomic E-state index is -0.655. The van der Waals surface area contributed by atoms with Crippen LogP contribution >= 0.6 is 0 Å². The van der Waals surface area contributed by atoms with Gasteiger partial charge in [0.1, 0.15) is 0 Å². The lowest BCUT2D eigenvalue weighted by molar-refractivity contribution is -0.123. The van der Waals surface area contributed by atoms with E-state index in [1.807, 2.05) is 20.8 Å². The second kappa shape index (κ2) is 9.12. The average Bonchev–Trinajstić information content (AvgIpc) is 3.17. The first-order valence-electron chi connectivity index (χ1n) is 10.2. The summed E-state index contributed by atoms with van der Waals surface area (Å²) in [5.41, 5.74) is 1.17. The molecule has 7 nitrogen and oxygen atoms in total. The molecule has 0 radical (unpaired) electrons. The zero-order chi connectivity index (χ0) is 22.6. The molecule has 7 heteroatoms. The van der Waals surface area contributed by atoms with E-state index in [-0.39, 0.29) is 23.2 Å². The fraction of sp³-hybridized carbons (Fsp3) is 0.333. The highest BCUT2D eigenvalue weighted by atomic mass is 16.5. The van der Waals surface area contributed by atoms with Gasteiger partial charge in [-0.15, -0.1) is 0 Å². The number of hydrogen-bond acceptors (Lipinski definition) is 5. The molecule has 1 aliphatic heterocycles. The summed E-state index contributed by atoms with van der Waals surface area (Å²) in [6.07, 6.45) is 1.20. The highest BCUT2D eigenvalue weighted by Crippen LogP contribution is 2.26. The highest BCUT2D eigenvalue weighted by molar-refractivity contribution is 6.05. The van der Waals surface area contributed by atoms with Gasteiger partial charge in [-0.05, 0) is 42.8 Å². The van der Waals surface area contributed by atoms with Crippen molar-refractivity contribution in [3.05, 3.63) is 59.7 Å². The lowest BCUT2D eigenvalue weighted by Gasteiger charge is -2.18. The molecule has 31 heavy (non-hydrogen) atoms. The number of hydrogen-bond donors (Lipinski definition) is 1. The summed E-state index contributed by atoms with van der Waals surface area (Å²) < 4.78 is 5.22. The topological polar surface area (TPSA) is 92.8 Å². The minimum Gasteiger partial charge on any atom is -0.454 e. The third-order valence-corrected chi connectivity index (χ3v) is 4.97. The zero-order valence-electron chi connectivity index (χ0n) is 17.9. The van der Waals surface area contributed by atoms with Gasteiger partial charge in [0.2, 0.25) is 11.8 Å². The van der Waals surface area contributed by atoms with E-state index in [4.69, 9.17) is 4.74 Å². The number of benzene rings is 2. The van der Waals surface area contributed by atoms with E-state index in [2.05, 4.69) is 5.32 Å². The SMILES string of the molecule is CC(C)(C)C(=O)Nc1ccc(C(=O)COC(=O)c2ccccc2N2CCCC2=O)cc1. The molecule has 1 saturated heterocycles. The van der Waals surface area contributed by atoms with Crippen LogP contribution in [-0.4, -0.2) is 36.7 Å². The van der Waals surface area contributed by atoms with Crippen LogP contribution in [-0.2, 0) is 14.3 Å². The molecule has 2 amide bonds. The van der Waals surface area contributed by atoms with E-state index in [9.17, 15) is 19.2 Å². The number of Topliss-reactive ketones (excluding diaryl/α,β-unsaturated/α-hetero) is 1. The van der Waals surface area contributed by atoms with Crippen LogP contribution in [0, 0.1) is 5.41 Å². The molecule has 0 aromatic heterocycles. The molecule has 0 saturated carbocycles. The maximum absolute atomic E-state index is 12.6. The van der Waals surface area contributed by atoms with E-state index in [0.29, 0.717) is 29.9 Å². The van der Waals surface area contributed by atoms with Gasteiger partial charge in [0, 0.05) is 29.6 Å². The minimum absolute atomic E-state index is 0.0324. The Bertz CT molecular complexity index is 1010. The van der Waals surface area contributed by atoms with Crippen molar-refractivity contribution in [2.24, 2.45) is 5.41 Å². The van der Waals surface area contributed by atoms with Crippen molar-refractivity contribution < 1.29 is 23.9 Å². The Kier molecular flexibility index (Phi) is 6.53. The number of esters is 1. The number of para-hydroxylation sites is 1. The molecule has 2 aromatic carbocycles. The maximum atomic E-state index is 12.6. The van der Waals surface area contributed by atoms with E-state index in [1.165, 1.54) is 0 Å². The van der Waals surface area contributed by atoms with Crippen LogP contribution in [0.1, 0.15) is 54.3 Å². The van der Waals surface area contributed by atoms with Crippen molar-refractivity contribution in [1.82, 2.24) is 0 Å². The molecule has 3 rings (SSSR count). The maximum Gasteiger partial charge on any atom is 0.340 e. The first-order chi connectivity index (χ1) is 14.7. The first-order valence-corrected chi connectivity index (χ1v) is 10.2. The van der Waals surface area contributed by atoms with Crippen LogP contribution in [0.5, 0.6) is 0 Å². The molecule has 1 heterocycles. The molecule has 1 N–H and O–H groups in total. The van der Waals surface area contributed by atoms with Gasteiger partial charge >= 0.3 is 5.97 Å². The molecule has 2 aromatic rings. The average molecular weight is 422 g/mol. The summed E-state index contributed by atoms with van der Waals surface area (Å²) in [6.45, 7) is 5.57. The van der Waals surface area contributed by atoms with Gasteiger partial charge in [-0.2, -0.15) is 0 Å². The Morgan fingerprint density at radius 1 is 1.03 bits per heavy atom. The molecule has 1 aliphatic rings. The van der Waals surface area contributed by atoms with E-state index in [1.54, 1.807) is 53.4 Å². The van der Waals surface area contributed by atoms with Crippen LogP contribution in [0.15, 0.2) is 48.5 Å². The van der Waals surface area contributed by atoms with E-state index >= 15 is 0 Å². The Balaban J connectivity index is 1.62. The van der Waals surface area contributed by atoms with Gasteiger partial charge < -0.3 is 15.0 Å². The first kappa shape index (κ1) is 22.2. The number of carbonyl (C=O) groups excluding carboxylic acids is 4. The number of nitrogens with one attached hydrogen (secondary N) is 1. The van der Waals surface area contributed by atoms with Crippen molar-refractivity contribution in [3.63, 3.8) is 0 Å². The van der Waals surface area contributed by atoms with Crippen LogP contribution < -0.4 is 10.2 Å². The number of ketones is 1. The standard InChI is InChI=1S/C24H26N2O5/c1-24(2,3)23(30)25-17-12-10-16(11-13-17)20(27)15-31-22(29)18-7-4-5-8-19(18)26-14-6-9-21(26)28/h4-5,7-8,10-13H,6,9,14-15H2,1-3H3,(H,25,30). The second-order valence-corrected chi connectivity index (χ2v) is 8.45. The number of anilines is 2. The summed E-state index contributed by atoms with van der Waals surface area (Å²) >= 11 is 0. The van der Waals surface area contributed by atoms with Gasteiger partial charge in [-0.25, -0.2) is 4.79 Å². The Hall–Kier alpha value is -3.48. The molecule has 0 unspecified atom stereocenters. The molecule has 0 atom stereocenters. The molecular formula is C24H26N2O5. The Morgan fingerprint density at radius 3 is 2.32 bits per heavy atom. The monoisotopic (exact) mass is 422 g/mol. The lowest BCUT2D eigenvalue weighted by Crippen LogP contribution is -2.27. The third kappa shape index (κ3) is 5.36. The molecule has 0 bridgehead atoms. The fourth-order valence-electron chi connectivity index (χ4n) is 3.13. The van der Waals surface area contributed by atoms with Crippen molar-refractivity contribution in [1.29, 1.82) is 0 Å². The molecule has 1 fully saturated rings. The molecule has 0 aliphatic carbocycles. The van der Waals surface area contributed by atoms with Gasteiger partial charge in [-0.1, -0.05) is 32.9 Å². The number of amides is 2. The van der Waals surface area contributed by atoms with Crippen molar-refractivity contribution in [3.8, 4) is 0 Å². The fourth-order valence-corrected chi connectivity index (χ4v) is 3.13. The number of rotatable bonds is 6. The Morgan fingerprint density at radius 2 is 1.71 bits per heavy atom.